The monoisotopic (exact) mass is 268 g/mol. The molecule has 1 aromatic heterocycles. The molecule has 0 spiro atoms. The topological polar surface area (TPSA) is 44.0 Å². The maximum atomic E-state index is 13.3. The van der Waals surface area contributed by atoms with Gasteiger partial charge >= 0.3 is 5.69 Å². The summed E-state index contributed by atoms with van der Waals surface area (Å²) in [5.74, 6) is -2.28. The molecule has 102 valence electrons. The molecule has 0 unspecified atom stereocenters. The summed E-state index contributed by atoms with van der Waals surface area (Å²) in [6.07, 6.45) is 0. The molecule has 4 nitrogen and oxygen atoms in total. The number of carbonyl (C=O) groups excluding carboxylic acids is 1. The second-order valence-electron chi connectivity index (χ2n) is 4.79. The number of carbonyl (C=O) groups is 1. The van der Waals surface area contributed by atoms with Crippen molar-refractivity contribution in [2.75, 3.05) is 0 Å². The molecule has 0 saturated carbocycles. The van der Waals surface area contributed by atoms with Gasteiger partial charge in [-0.05, 0) is 20.8 Å². The van der Waals surface area contributed by atoms with E-state index in [1.807, 2.05) is 0 Å². The average molecular weight is 268 g/mol. The number of nitrogens with zero attached hydrogens (tertiary/aromatic N) is 2. The average Bonchev–Trinajstić information content (AvgIpc) is 2.53. The molecular weight excluding hydrogens is 254 g/mol. The molecular formula is C13H14F2N2O2. The molecule has 0 atom stereocenters. The summed E-state index contributed by atoms with van der Waals surface area (Å²) in [4.78, 5) is 23.4. The van der Waals surface area contributed by atoms with Crippen molar-refractivity contribution in [1.82, 2.24) is 9.13 Å². The fourth-order valence-electron chi connectivity index (χ4n) is 2.15. The van der Waals surface area contributed by atoms with Crippen molar-refractivity contribution in [3.05, 3.63) is 34.3 Å². The number of aromatic nitrogens is 2. The Morgan fingerprint density at radius 3 is 2.21 bits per heavy atom. The van der Waals surface area contributed by atoms with E-state index in [0.29, 0.717) is 5.52 Å². The third-order valence-electron chi connectivity index (χ3n) is 2.90. The summed E-state index contributed by atoms with van der Waals surface area (Å²) in [7, 11) is 0. The van der Waals surface area contributed by atoms with Crippen LogP contribution in [0.3, 0.4) is 0 Å². The summed E-state index contributed by atoms with van der Waals surface area (Å²) in [6, 6.07) is 1.73. The van der Waals surface area contributed by atoms with Crippen LogP contribution in [0.25, 0.3) is 11.0 Å². The Balaban J connectivity index is 2.88. The van der Waals surface area contributed by atoms with Gasteiger partial charge in [0.1, 0.15) is 5.78 Å². The van der Waals surface area contributed by atoms with Crippen molar-refractivity contribution >= 4 is 16.8 Å². The predicted octanol–water partition coefficient (Wildman–Crippen LogP) is 2.25. The highest BCUT2D eigenvalue weighted by Gasteiger charge is 2.18. The first-order valence-corrected chi connectivity index (χ1v) is 5.92. The Hall–Kier alpha value is -1.98. The Labute approximate surface area is 108 Å². The molecule has 0 aliphatic rings. The fourth-order valence-corrected chi connectivity index (χ4v) is 2.15. The van der Waals surface area contributed by atoms with Crippen molar-refractivity contribution in [3.8, 4) is 0 Å². The van der Waals surface area contributed by atoms with Crippen LogP contribution in [0.4, 0.5) is 8.78 Å². The molecule has 0 aliphatic heterocycles. The van der Waals surface area contributed by atoms with Crippen molar-refractivity contribution < 1.29 is 13.6 Å². The molecule has 0 bridgehead atoms. The lowest BCUT2D eigenvalue weighted by molar-refractivity contribution is -0.117. The van der Waals surface area contributed by atoms with E-state index in [1.165, 1.54) is 16.1 Å². The highest BCUT2D eigenvalue weighted by Crippen LogP contribution is 2.20. The van der Waals surface area contributed by atoms with Crippen molar-refractivity contribution in [3.63, 3.8) is 0 Å². The van der Waals surface area contributed by atoms with Gasteiger partial charge in [-0.1, -0.05) is 0 Å². The Morgan fingerprint density at radius 1 is 1.21 bits per heavy atom. The number of rotatable bonds is 3. The van der Waals surface area contributed by atoms with Crippen LogP contribution in [0.2, 0.25) is 0 Å². The van der Waals surface area contributed by atoms with Crippen LogP contribution in [0.1, 0.15) is 26.8 Å². The lowest BCUT2D eigenvalue weighted by Crippen LogP contribution is -2.27. The molecule has 0 N–H and O–H groups in total. The van der Waals surface area contributed by atoms with Crippen LogP contribution < -0.4 is 5.69 Å². The standard InChI is InChI=1S/C13H14F2N2O2/c1-7(2)17-12-5-10(15)9(14)4-11(12)16(13(17)19)6-8(3)18/h4-5,7H,6H2,1-3H3. The number of hydrogen-bond donors (Lipinski definition) is 0. The van der Waals surface area contributed by atoms with E-state index in [2.05, 4.69) is 0 Å². The maximum absolute atomic E-state index is 13.3. The molecule has 0 aliphatic carbocycles. The van der Waals surface area contributed by atoms with E-state index >= 15 is 0 Å². The Morgan fingerprint density at radius 2 is 1.74 bits per heavy atom. The predicted molar refractivity (Wildman–Crippen MR) is 67.2 cm³/mol. The number of Topliss-reactive ketones (excluding diaryl/α,β-unsaturated/α-hetero) is 1. The zero-order valence-electron chi connectivity index (χ0n) is 10.9. The minimum absolute atomic E-state index is 0.153. The molecule has 0 saturated heterocycles. The quantitative estimate of drug-likeness (QED) is 0.857. The van der Waals surface area contributed by atoms with E-state index in [0.717, 1.165) is 12.1 Å². The molecule has 2 aromatic rings. The molecule has 19 heavy (non-hydrogen) atoms. The molecule has 6 heteroatoms. The van der Waals surface area contributed by atoms with Crippen LogP contribution in [0.15, 0.2) is 16.9 Å². The minimum Gasteiger partial charge on any atom is -0.298 e. The number of imidazole rings is 1. The first-order chi connectivity index (χ1) is 8.82. The zero-order chi connectivity index (χ0) is 14.3. The first kappa shape index (κ1) is 13.5. The molecule has 1 heterocycles. The van der Waals surface area contributed by atoms with Crippen molar-refractivity contribution in [2.24, 2.45) is 0 Å². The van der Waals surface area contributed by atoms with Crippen LogP contribution in [0.5, 0.6) is 0 Å². The van der Waals surface area contributed by atoms with Gasteiger partial charge in [0.05, 0.1) is 17.6 Å². The van der Waals surface area contributed by atoms with E-state index in [1.54, 1.807) is 13.8 Å². The number of ketones is 1. The normalized spacial score (nSPS) is 11.5. The summed E-state index contributed by atoms with van der Waals surface area (Å²) < 4.78 is 29.2. The van der Waals surface area contributed by atoms with Gasteiger partial charge in [-0.15, -0.1) is 0 Å². The van der Waals surface area contributed by atoms with Gasteiger partial charge in [0.25, 0.3) is 0 Å². The van der Waals surface area contributed by atoms with Gasteiger partial charge in [0.15, 0.2) is 11.6 Å². The summed E-state index contributed by atoms with van der Waals surface area (Å²) in [5.41, 5.74) is 0.0816. The van der Waals surface area contributed by atoms with Gasteiger partial charge < -0.3 is 0 Å². The van der Waals surface area contributed by atoms with Crippen LogP contribution in [-0.2, 0) is 11.3 Å². The van der Waals surface area contributed by atoms with Crippen LogP contribution >= 0.6 is 0 Å². The Bertz CT molecular complexity index is 713. The highest BCUT2D eigenvalue weighted by atomic mass is 19.2. The van der Waals surface area contributed by atoms with Gasteiger partial charge in [-0.25, -0.2) is 13.6 Å². The number of fused-ring (bicyclic) bond motifs is 1. The van der Waals surface area contributed by atoms with Gasteiger partial charge in [0.2, 0.25) is 0 Å². The second-order valence-corrected chi connectivity index (χ2v) is 4.79. The molecule has 0 radical (unpaired) electrons. The summed E-state index contributed by atoms with van der Waals surface area (Å²) in [5, 5.41) is 0. The maximum Gasteiger partial charge on any atom is 0.329 e. The number of halogens is 2. The molecule has 2 rings (SSSR count). The number of benzene rings is 1. The SMILES string of the molecule is CC(=O)Cn1c(=O)n(C(C)C)c2cc(F)c(F)cc21. The molecule has 1 aromatic carbocycles. The van der Waals surface area contributed by atoms with Gasteiger partial charge in [0, 0.05) is 18.2 Å². The Kier molecular flexibility index (Phi) is 3.26. The molecule has 0 amide bonds. The number of hydrogen-bond acceptors (Lipinski definition) is 2. The van der Waals surface area contributed by atoms with E-state index in [-0.39, 0.29) is 23.9 Å². The van der Waals surface area contributed by atoms with Crippen molar-refractivity contribution in [1.29, 1.82) is 0 Å². The van der Waals surface area contributed by atoms with Gasteiger partial charge in [-0.3, -0.25) is 13.9 Å². The van der Waals surface area contributed by atoms with Crippen LogP contribution in [-0.4, -0.2) is 14.9 Å². The lowest BCUT2D eigenvalue weighted by Gasteiger charge is -2.06. The summed E-state index contributed by atoms with van der Waals surface area (Å²) in [6.45, 7) is 4.71. The molecule has 0 fully saturated rings. The third kappa shape index (κ3) is 2.18. The summed E-state index contributed by atoms with van der Waals surface area (Å²) >= 11 is 0. The third-order valence-corrected chi connectivity index (χ3v) is 2.90. The smallest absolute Gasteiger partial charge is 0.298 e. The fraction of sp³-hybridized carbons (Fsp3) is 0.385. The first-order valence-electron chi connectivity index (χ1n) is 5.92. The van der Waals surface area contributed by atoms with Crippen LogP contribution in [0, 0.1) is 11.6 Å². The minimum atomic E-state index is -1.04. The van der Waals surface area contributed by atoms with Crippen molar-refractivity contribution in [2.45, 2.75) is 33.4 Å². The van der Waals surface area contributed by atoms with E-state index < -0.39 is 17.3 Å². The van der Waals surface area contributed by atoms with E-state index in [9.17, 15) is 18.4 Å². The largest absolute Gasteiger partial charge is 0.329 e. The van der Waals surface area contributed by atoms with Gasteiger partial charge in [-0.2, -0.15) is 0 Å². The lowest BCUT2D eigenvalue weighted by atomic mass is 10.2. The van der Waals surface area contributed by atoms with E-state index in [4.69, 9.17) is 0 Å². The second kappa shape index (κ2) is 4.60. The zero-order valence-corrected chi connectivity index (χ0v) is 10.9. The highest BCUT2D eigenvalue weighted by molar-refractivity contribution is 5.81.